The van der Waals surface area contributed by atoms with Crippen molar-refractivity contribution in [1.82, 2.24) is 4.90 Å². The van der Waals surface area contributed by atoms with Crippen LogP contribution in [0.15, 0.2) is 0 Å². The maximum absolute atomic E-state index is 5.59. The van der Waals surface area contributed by atoms with E-state index < -0.39 is 0 Å². The molecule has 2 heteroatoms. The summed E-state index contributed by atoms with van der Waals surface area (Å²) in [6.07, 6.45) is 0. The summed E-state index contributed by atoms with van der Waals surface area (Å²) in [7, 11) is 0. The quantitative estimate of drug-likeness (QED) is 0.594. The normalized spacial score (nSPS) is 26.6. The van der Waals surface area contributed by atoms with Crippen molar-refractivity contribution in [3.05, 3.63) is 0 Å². The summed E-state index contributed by atoms with van der Waals surface area (Å²) in [5.41, 5.74) is 0.551. The molecule has 1 aliphatic heterocycles. The Balaban J connectivity index is 2.80. The van der Waals surface area contributed by atoms with E-state index in [1.807, 2.05) is 0 Å². The Hall–Kier alpha value is -0.0800. The first-order valence-electron chi connectivity index (χ1n) is 5.57. The lowest BCUT2D eigenvalue weighted by atomic mass is 9.83. The first-order valence-corrected chi connectivity index (χ1v) is 5.57. The minimum Gasteiger partial charge on any atom is -0.378 e. The Morgan fingerprint density at radius 3 is 2.00 bits per heavy atom. The molecule has 2 nitrogen and oxygen atoms in total. The molecule has 1 heterocycles. The zero-order valence-corrected chi connectivity index (χ0v) is 10.6. The van der Waals surface area contributed by atoms with Crippen LogP contribution in [0.4, 0.5) is 0 Å². The van der Waals surface area contributed by atoms with Crippen molar-refractivity contribution in [3.63, 3.8) is 0 Å². The van der Waals surface area contributed by atoms with Gasteiger partial charge in [0.1, 0.15) is 0 Å². The summed E-state index contributed by atoms with van der Waals surface area (Å²) in [6, 6.07) is 0.538. The summed E-state index contributed by atoms with van der Waals surface area (Å²) in [5.74, 6) is 0. The number of morpholine rings is 1. The van der Waals surface area contributed by atoms with Gasteiger partial charge in [-0.05, 0) is 26.2 Å². The molecule has 1 fully saturated rings. The van der Waals surface area contributed by atoms with Crippen LogP contribution in [0.1, 0.15) is 41.5 Å². The van der Waals surface area contributed by atoms with Crippen molar-refractivity contribution in [1.29, 1.82) is 0 Å². The van der Waals surface area contributed by atoms with Gasteiger partial charge in [0.2, 0.25) is 0 Å². The largest absolute Gasteiger partial charge is 0.378 e. The third-order valence-electron chi connectivity index (χ3n) is 2.99. The Morgan fingerprint density at radius 1 is 1.07 bits per heavy atom. The van der Waals surface area contributed by atoms with Crippen LogP contribution in [0.2, 0.25) is 0 Å². The van der Waals surface area contributed by atoms with Crippen LogP contribution in [0, 0.1) is 5.41 Å². The van der Waals surface area contributed by atoms with Crippen LogP contribution in [0.3, 0.4) is 0 Å². The van der Waals surface area contributed by atoms with Crippen LogP contribution in [-0.4, -0.2) is 36.2 Å². The average Bonchev–Trinajstić information content (AvgIpc) is 2.01. The van der Waals surface area contributed by atoms with Crippen LogP contribution in [-0.2, 0) is 4.74 Å². The van der Waals surface area contributed by atoms with Gasteiger partial charge in [0.05, 0.1) is 13.2 Å². The van der Waals surface area contributed by atoms with Crippen LogP contribution in [0.25, 0.3) is 0 Å². The van der Waals surface area contributed by atoms with Gasteiger partial charge in [-0.2, -0.15) is 0 Å². The van der Waals surface area contributed by atoms with Gasteiger partial charge < -0.3 is 4.74 Å². The molecule has 1 saturated heterocycles. The first kappa shape index (κ1) is 12.0. The van der Waals surface area contributed by atoms with E-state index in [-0.39, 0.29) is 5.54 Å². The summed E-state index contributed by atoms with van der Waals surface area (Å²) >= 11 is 0. The van der Waals surface area contributed by atoms with Gasteiger partial charge in [-0.3, -0.25) is 4.90 Å². The molecule has 14 heavy (non-hydrogen) atoms. The van der Waals surface area contributed by atoms with Crippen LogP contribution >= 0.6 is 0 Å². The molecular formula is C12H25NO. The Morgan fingerprint density at radius 2 is 1.64 bits per heavy atom. The van der Waals surface area contributed by atoms with E-state index in [0.717, 1.165) is 19.8 Å². The third-order valence-corrected chi connectivity index (χ3v) is 2.99. The zero-order valence-electron chi connectivity index (χ0n) is 10.6. The molecule has 0 unspecified atom stereocenters. The fourth-order valence-corrected chi connectivity index (χ4v) is 2.12. The Kier molecular flexibility index (Phi) is 3.27. The molecule has 0 N–H and O–H groups in total. The lowest BCUT2D eigenvalue weighted by molar-refractivity contribution is -0.0856. The van der Waals surface area contributed by atoms with Gasteiger partial charge in [0.15, 0.2) is 0 Å². The predicted octanol–water partition coefficient (Wildman–Crippen LogP) is 2.53. The fourth-order valence-electron chi connectivity index (χ4n) is 2.12. The lowest BCUT2D eigenvalue weighted by Crippen LogP contribution is -2.58. The van der Waals surface area contributed by atoms with Gasteiger partial charge in [-0.25, -0.2) is 0 Å². The van der Waals surface area contributed by atoms with Crippen molar-refractivity contribution in [3.8, 4) is 0 Å². The standard InChI is InChI=1S/C12H25NO/c1-11(2,3)10-9-14-8-7-13(10)12(4,5)6/h10H,7-9H2,1-6H3/t10-/m0/s1. The van der Waals surface area contributed by atoms with Crippen LogP contribution in [0.5, 0.6) is 0 Å². The molecule has 84 valence electrons. The minimum absolute atomic E-state index is 0.252. The maximum Gasteiger partial charge on any atom is 0.0627 e. The summed E-state index contributed by atoms with van der Waals surface area (Å²) in [5, 5.41) is 0. The molecule has 1 atom stereocenters. The highest BCUT2D eigenvalue weighted by Gasteiger charge is 2.38. The molecule has 0 aromatic rings. The van der Waals surface area contributed by atoms with Crippen molar-refractivity contribution in [2.75, 3.05) is 19.8 Å². The van der Waals surface area contributed by atoms with E-state index in [1.165, 1.54) is 0 Å². The van der Waals surface area contributed by atoms with Gasteiger partial charge in [0.25, 0.3) is 0 Å². The van der Waals surface area contributed by atoms with Gasteiger partial charge in [-0.1, -0.05) is 20.8 Å². The molecule has 0 saturated carbocycles. The summed E-state index contributed by atoms with van der Waals surface area (Å²) < 4.78 is 5.59. The fraction of sp³-hybridized carbons (Fsp3) is 1.00. The first-order chi connectivity index (χ1) is 6.23. The van der Waals surface area contributed by atoms with E-state index in [0.29, 0.717) is 11.5 Å². The molecule has 1 rings (SSSR count). The van der Waals surface area contributed by atoms with Crippen molar-refractivity contribution >= 4 is 0 Å². The minimum atomic E-state index is 0.252. The Labute approximate surface area is 88.6 Å². The highest BCUT2D eigenvalue weighted by molar-refractivity contribution is 4.91. The second kappa shape index (κ2) is 3.82. The topological polar surface area (TPSA) is 12.5 Å². The molecule has 0 radical (unpaired) electrons. The monoisotopic (exact) mass is 199 g/mol. The molecule has 0 amide bonds. The Bertz CT molecular complexity index is 165. The van der Waals surface area contributed by atoms with Crippen molar-refractivity contribution < 1.29 is 4.74 Å². The van der Waals surface area contributed by atoms with E-state index in [2.05, 4.69) is 46.4 Å². The van der Waals surface area contributed by atoms with Crippen molar-refractivity contribution in [2.24, 2.45) is 5.41 Å². The zero-order chi connectivity index (χ0) is 11.0. The van der Waals surface area contributed by atoms with Crippen LogP contribution < -0.4 is 0 Å². The predicted molar refractivity (Wildman–Crippen MR) is 60.5 cm³/mol. The van der Waals surface area contributed by atoms with E-state index >= 15 is 0 Å². The average molecular weight is 199 g/mol. The summed E-state index contributed by atoms with van der Waals surface area (Å²) in [4.78, 5) is 2.58. The molecule has 0 bridgehead atoms. The van der Waals surface area contributed by atoms with Crippen molar-refractivity contribution in [2.45, 2.75) is 53.1 Å². The number of rotatable bonds is 0. The van der Waals surface area contributed by atoms with E-state index in [4.69, 9.17) is 4.74 Å². The number of ether oxygens (including phenoxy) is 1. The number of nitrogens with zero attached hydrogens (tertiary/aromatic N) is 1. The highest BCUT2D eigenvalue weighted by atomic mass is 16.5. The number of hydrogen-bond acceptors (Lipinski definition) is 2. The molecule has 0 aliphatic carbocycles. The SMILES string of the molecule is CC(C)(C)[C@@H]1COCCN1C(C)(C)C. The molecular weight excluding hydrogens is 174 g/mol. The maximum atomic E-state index is 5.59. The smallest absolute Gasteiger partial charge is 0.0627 e. The summed E-state index contributed by atoms with van der Waals surface area (Å²) in [6.45, 7) is 16.6. The second-order valence-corrected chi connectivity index (χ2v) is 6.32. The van der Waals surface area contributed by atoms with E-state index in [1.54, 1.807) is 0 Å². The molecule has 0 aromatic heterocycles. The number of hydrogen-bond donors (Lipinski definition) is 0. The third kappa shape index (κ3) is 2.71. The second-order valence-electron chi connectivity index (χ2n) is 6.32. The van der Waals surface area contributed by atoms with Gasteiger partial charge in [-0.15, -0.1) is 0 Å². The lowest BCUT2D eigenvalue weighted by Gasteiger charge is -2.49. The molecule has 0 spiro atoms. The highest BCUT2D eigenvalue weighted by Crippen LogP contribution is 2.31. The van der Waals surface area contributed by atoms with Gasteiger partial charge >= 0.3 is 0 Å². The van der Waals surface area contributed by atoms with E-state index in [9.17, 15) is 0 Å². The van der Waals surface area contributed by atoms with Gasteiger partial charge in [0, 0.05) is 18.1 Å². The molecule has 0 aromatic carbocycles. The molecule has 1 aliphatic rings.